The van der Waals surface area contributed by atoms with Gasteiger partial charge in [0.25, 0.3) is 0 Å². The second-order valence-corrected chi connectivity index (χ2v) is 6.00. The molecular weight excluding hydrogens is 272 g/mol. The average Bonchev–Trinajstić information content (AvgIpc) is 1.82. The summed E-state index contributed by atoms with van der Waals surface area (Å²) in [4.78, 5) is 0. The molecule has 0 fully saturated rings. The third-order valence-electron chi connectivity index (χ3n) is 2.45. The van der Waals surface area contributed by atoms with Gasteiger partial charge in [0.15, 0.2) is 0 Å². The molecule has 0 saturated heterocycles. The summed E-state index contributed by atoms with van der Waals surface area (Å²) < 4.78 is 0. The van der Waals surface area contributed by atoms with Crippen LogP contribution in [0.5, 0.6) is 0 Å². The van der Waals surface area contributed by atoms with Gasteiger partial charge in [-0.25, -0.2) is 0 Å². The monoisotopic (exact) mass is 295 g/mol. The van der Waals surface area contributed by atoms with E-state index in [1.165, 1.54) is 0 Å². The molecule has 0 aromatic carbocycles. The summed E-state index contributed by atoms with van der Waals surface area (Å²) in [5, 5.41) is 19.5. The fourth-order valence-electron chi connectivity index (χ4n) is 0.919. The van der Waals surface area contributed by atoms with Crippen molar-refractivity contribution >= 4 is 0 Å². The minimum absolute atomic E-state index is 0. The van der Waals surface area contributed by atoms with Gasteiger partial charge in [0.1, 0.15) is 0 Å². The summed E-state index contributed by atoms with van der Waals surface area (Å²) in [6.07, 6.45) is -0.434. The number of rotatable bonds is 2. The SMILES string of the molecule is CC(C)(C)C(O)CC(O)C(C)(C)C.[Ag]. The Bertz CT molecular complexity index is 138. The zero-order chi connectivity index (χ0) is 10.9. The Morgan fingerprint density at radius 3 is 1.14 bits per heavy atom. The van der Waals surface area contributed by atoms with Crippen LogP contribution in [0.15, 0.2) is 0 Å². The van der Waals surface area contributed by atoms with Crippen molar-refractivity contribution in [3.05, 3.63) is 0 Å². The topological polar surface area (TPSA) is 40.5 Å². The van der Waals surface area contributed by atoms with Crippen molar-refractivity contribution in [2.24, 2.45) is 10.8 Å². The molecule has 0 heterocycles. The maximum atomic E-state index is 9.76. The van der Waals surface area contributed by atoms with Gasteiger partial charge in [-0.2, -0.15) is 0 Å². The van der Waals surface area contributed by atoms with Gasteiger partial charge in [-0.05, 0) is 10.8 Å². The van der Waals surface area contributed by atoms with E-state index in [0.717, 1.165) is 0 Å². The van der Waals surface area contributed by atoms with Gasteiger partial charge in [-0.15, -0.1) is 0 Å². The number of hydrogen-bond donors (Lipinski definition) is 2. The minimum Gasteiger partial charge on any atom is -0.392 e. The molecule has 0 bridgehead atoms. The van der Waals surface area contributed by atoms with Crippen molar-refractivity contribution in [1.29, 1.82) is 0 Å². The molecule has 0 aromatic heterocycles. The minimum atomic E-state index is -0.443. The van der Waals surface area contributed by atoms with E-state index in [0.29, 0.717) is 6.42 Å². The molecule has 2 N–H and O–H groups in total. The number of aliphatic hydroxyl groups is 2. The van der Waals surface area contributed by atoms with E-state index in [1.807, 2.05) is 41.5 Å². The maximum Gasteiger partial charge on any atom is 0.0613 e. The maximum absolute atomic E-state index is 9.76. The van der Waals surface area contributed by atoms with Crippen LogP contribution in [-0.4, -0.2) is 22.4 Å². The van der Waals surface area contributed by atoms with Crippen molar-refractivity contribution in [1.82, 2.24) is 0 Å². The van der Waals surface area contributed by atoms with Crippen LogP contribution in [-0.2, 0) is 22.4 Å². The molecule has 1 radical (unpaired) electrons. The van der Waals surface area contributed by atoms with Crippen LogP contribution in [0.25, 0.3) is 0 Å². The van der Waals surface area contributed by atoms with E-state index in [4.69, 9.17) is 0 Å². The summed E-state index contributed by atoms with van der Waals surface area (Å²) in [5.74, 6) is 0. The molecule has 0 saturated carbocycles. The molecule has 3 heteroatoms. The van der Waals surface area contributed by atoms with Crippen LogP contribution in [0.1, 0.15) is 48.0 Å². The van der Waals surface area contributed by atoms with Gasteiger partial charge in [-0.1, -0.05) is 41.5 Å². The summed E-state index contributed by atoms with van der Waals surface area (Å²) in [5.41, 5.74) is -0.293. The Balaban J connectivity index is 0. The first-order chi connectivity index (χ1) is 5.55. The van der Waals surface area contributed by atoms with Gasteiger partial charge in [0.2, 0.25) is 0 Å². The molecule has 91 valence electrons. The molecular formula is C11H24AgO2. The summed E-state index contributed by atoms with van der Waals surface area (Å²) >= 11 is 0. The zero-order valence-corrected chi connectivity index (χ0v) is 11.5. The molecule has 0 amide bonds. The predicted octanol–water partition coefficient (Wildman–Crippen LogP) is 2.19. The van der Waals surface area contributed by atoms with Crippen molar-refractivity contribution < 1.29 is 32.6 Å². The van der Waals surface area contributed by atoms with Crippen LogP contribution in [0.2, 0.25) is 0 Å². The molecule has 2 nitrogen and oxygen atoms in total. The van der Waals surface area contributed by atoms with E-state index in [2.05, 4.69) is 0 Å². The Hall–Kier alpha value is 0.660. The van der Waals surface area contributed by atoms with Crippen molar-refractivity contribution in [3.63, 3.8) is 0 Å². The molecule has 0 rings (SSSR count). The van der Waals surface area contributed by atoms with Crippen LogP contribution in [0, 0.1) is 10.8 Å². The molecule has 0 spiro atoms. The third kappa shape index (κ3) is 6.20. The Morgan fingerprint density at radius 1 is 0.786 bits per heavy atom. The largest absolute Gasteiger partial charge is 0.392 e. The van der Waals surface area contributed by atoms with Crippen molar-refractivity contribution in [2.45, 2.75) is 60.2 Å². The van der Waals surface area contributed by atoms with Crippen LogP contribution >= 0.6 is 0 Å². The van der Waals surface area contributed by atoms with E-state index in [9.17, 15) is 10.2 Å². The zero-order valence-electron chi connectivity index (χ0n) is 10.1. The summed E-state index contributed by atoms with van der Waals surface area (Å²) in [6.45, 7) is 11.9. The van der Waals surface area contributed by atoms with E-state index in [1.54, 1.807) is 0 Å². The van der Waals surface area contributed by atoms with Crippen molar-refractivity contribution in [2.75, 3.05) is 0 Å². The molecule has 0 aliphatic carbocycles. The molecule has 0 aromatic rings. The fourth-order valence-corrected chi connectivity index (χ4v) is 0.919. The van der Waals surface area contributed by atoms with Crippen molar-refractivity contribution in [3.8, 4) is 0 Å². The first kappa shape index (κ1) is 17.1. The quantitative estimate of drug-likeness (QED) is 0.767. The van der Waals surface area contributed by atoms with Gasteiger partial charge >= 0.3 is 0 Å². The average molecular weight is 296 g/mol. The Morgan fingerprint density at radius 2 is 1.00 bits per heavy atom. The fraction of sp³-hybridized carbons (Fsp3) is 1.00. The smallest absolute Gasteiger partial charge is 0.0613 e. The van der Waals surface area contributed by atoms with E-state index >= 15 is 0 Å². The Labute approximate surface area is 104 Å². The van der Waals surface area contributed by atoms with Gasteiger partial charge in [-0.3, -0.25) is 0 Å². The molecule has 0 aliphatic heterocycles. The second kappa shape index (κ2) is 5.66. The summed E-state index contributed by atoms with van der Waals surface area (Å²) in [7, 11) is 0. The molecule has 2 unspecified atom stereocenters. The van der Waals surface area contributed by atoms with E-state index < -0.39 is 12.2 Å². The first-order valence-electron chi connectivity index (χ1n) is 4.91. The van der Waals surface area contributed by atoms with Crippen LogP contribution < -0.4 is 0 Å². The van der Waals surface area contributed by atoms with Crippen LogP contribution in [0.4, 0.5) is 0 Å². The van der Waals surface area contributed by atoms with Gasteiger partial charge < -0.3 is 10.2 Å². The normalized spacial score (nSPS) is 17.1. The third-order valence-corrected chi connectivity index (χ3v) is 2.45. The van der Waals surface area contributed by atoms with Crippen LogP contribution in [0.3, 0.4) is 0 Å². The standard InChI is InChI=1S/C11H24O2.Ag/c1-10(2,3)8(12)7-9(13)11(4,5)6;/h8-9,12-13H,7H2,1-6H3;. The summed E-state index contributed by atoms with van der Waals surface area (Å²) in [6, 6.07) is 0. The molecule has 0 aliphatic rings. The predicted molar refractivity (Wildman–Crippen MR) is 55.5 cm³/mol. The Kier molecular flexibility index (Phi) is 6.91. The van der Waals surface area contributed by atoms with Gasteiger partial charge in [0, 0.05) is 28.8 Å². The first-order valence-corrected chi connectivity index (χ1v) is 4.91. The van der Waals surface area contributed by atoms with E-state index in [-0.39, 0.29) is 33.2 Å². The van der Waals surface area contributed by atoms with Gasteiger partial charge in [0.05, 0.1) is 12.2 Å². The molecule has 14 heavy (non-hydrogen) atoms. The number of aliphatic hydroxyl groups excluding tert-OH is 2. The number of hydrogen-bond acceptors (Lipinski definition) is 2. The molecule has 2 atom stereocenters. The second-order valence-electron chi connectivity index (χ2n) is 6.00.